The van der Waals surface area contributed by atoms with Gasteiger partial charge in [0.1, 0.15) is 5.82 Å². The van der Waals surface area contributed by atoms with E-state index in [1.165, 1.54) is 18.2 Å². The van der Waals surface area contributed by atoms with Gasteiger partial charge < -0.3 is 15.2 Å². The molecule has 2 aromatic carbocycles. The van der Waals surface area contributed by atoms with Gasteiger partial charge in [0.15, 0.2) is 17.2 Å². The Kier molecular flexibility index (Phi) is 3.37. The normalized spacial score (nSPS) is 10.2. The summed E-state index contributed by atoms with van der Waals surface area (Å²) in [4.78, 5) is 0. The van der Waals surface area contributed by atoms with E-state index < -0.39 is 5.82 Å². The summed E-state index contributed by atoms with van der Waals surface area (Å²) in [5.41, 5.74) is 6.99. The van der Waals surface area contributed by atoms with Crippen LogP contribution >= 0.6 is 0 Å². The second-order valence-electron chi connectivity index (χ2n) is 3.94. The molecule has 3 nitrogen and oxygen atoms in total. The average Bonchev–Trinajstić information content (AvgIpc) is 2.34. The van der Waals surface area contributed by atoms with Crippen LogP contribution in [0.15, 0.2) is 36.4 Å². The van der Waals surface area contributed by atoms with Gasteiger partial charge in [0.25, 0.3) is 0 Å². The standard InChI is InChI=1S/C14H14FNO2/c1-9-3-5-13(14(7-9)17-2)18-12-6-4-10(15)8-11(12)16/h3-8H,16H2,1-2H3. The quantitative estimate of drug-likeness (QED) is 0.844. The number of halogens is 1. The monoisotopic (exact) mass is 247 g/mol. The highest BCUT2D eigenvalue weighted by Gasteiger charge is 2.08. The predicted octanol–water partition coefficient (Wildman–Crippen LogP) is 3.52. The maximum Gasteiger partial charge on any atom is 0.169 e. The van der Waals surface area contributed by atoms with Crippen LogP contribution in [0.4, 0.5) is 10.1 Å². The van der Waals surface area contributed by atoms with Crippen LogP contribution in [0.1, 0.15) is 5.56 Å². The summed E-state index contributed by atoms with van der Waals surface area (Å²) in [5.74, 6) is 1.16. The Morgan fingerprint density at radius 3 is 2.39 bits per heavy atom. The zero-order valence-electron chi connectivity index (χ0n) is 10.2. The van der Waals surface area contributed by atoms with Gasteiger partial charge >= 0.3 is 0 Å². The van der Waals surface area contributed by atoms with Crippen molar-refractivity contribution in [3.63, 3.8) is 0 Å². The van der Waals surface area contributed by atoms with Crippen LogP contribution in [-0.2, 0) is 0 Å². The molecule has 2 rings (SSSR count). The molecule has 18 heavy (non-hydrogen) atoms. The Labute approximate surface area is 105 Å². The lowest BCUT2D eigenvalue weighted by molar-refractivity contribution is 0.379. The Hall–Kier alpha value is -2.23. The van der Waals surface area contributed by atoms with Gasteiger partial charge in [0.05, 0.1) is 12.8 Å². The fraction of sp³-hybridized carbons (Fsp3) is 0.143. The van der Waals surface area contributed by atoms with E-state index in [1.54, 1.807) is 13.2 Å². The number of nitrogen functional groups attached to an aromatic ring is 1. The predicted molar refractivity (Wildman–Crippen MR) is 68.6 cm³/mol. The van der Waals surface area contributed by atoms with Crippen LogP contribution in [0.2, 0.25) is 0 Å². The molecule has 0 aliphatic carbocycles. The largest absolute Gasteiger partial charge is 0.493 e. The van der Waals surface area contributed by atoms with Crippen LogP contribution in [0, 0.1) is 12.7 Å². The molecule has 0 spiro atoms. The van der Waals surface area contributed by atoms with E-state index in [2.05, 4.69) is 0 Å². The summed E-state index contributed by atoms with van der Waals surface area (Å²) < 4.78 is 23.8. The first-order valence-electron chi connectivity index (χ1n) is 5.47. The molecule has 0 saturated carbocycles. The lowest BCUT2D eigenvalue weighted by Gasteiger charge is -2.12. The Balaban J connectivity index is 2.33. The third-order valence-electron chi connectivity index (χ3n) is 2.51. The highest BCUT2D eigenvalue weighted by molar-refractivity contribution is 5.55. The van der Waals surface area contributed by atoms with Gasteiger partial charge in [-0.1, -0.05) is 6.07 Å². The molecule has 0 aliphatic rings. The molecule has 0 amide bonds. The molecule has 0 unspecified atom stereocenters. The first-order valence-corrected chi connectivity index (χ1v) is 5.47. The molecule has 0 atom stereocenters. The zero-order valence-corrected chi connectivity index (χ0v) is 10.2. The van der Waals surface area contributed by atoms with Crippen molar-refractivity contribution in [2.45, 2.75) is 6.92 Å². The van der Waals surface area contributed by atoms with E-state index in [4.69, 9.17) is 15.2 Å². The molecular formula is C14H14FNO2. The molecule has 0 aromatic heterocycles. The topological polar surface area (TPSA) is 44.5 Å². The summed E-state index contributed by atoms with van der Waals surface area (Å²) in [7, 11) is 1.57. The maximum absolute atomic E-state index is 12.9. The fourth-order valence-electron chi connectivity index (χ4n) is 1.59. The zero-order chi connectivity index (χ0) is 13.1. The molecular weight excluding hydrogens is 233 g/mol. The minimum atomic E-state index is -0.393. The number of methoxy groups -OCH3 is 1. The molecule has 2 aromatic rings. The smallest absolute Gasteiger partial charge is 0.169 e. The van der Waals surface area contributed by atoms with Gasteiger partial charge in [-0.3, -0.25) is 0 Å². The number of rotatable bonds is 3. The lowest BCUT2D eigenvalue weighted by Crippen LogP contribution is -1.95. The molecule has 94 valence electrons. The Morgan fingerprint density at radius 1 is 1.00 bits per heavy atom. The second kappa shape index (κ2) is 4.96. The lowest BCUT2D eigenvalue weighted by atomic mass is 10.2. The minimum Gasteiger partial charge on any atom is -0.493 e. The summed E-state index contributed by atoms with van der Waals surface area (Å²) in [6, 6.07) is 9.55. The van der Waals surface area contributed by atoms with Crippen molar-refractivity contribution in [2.75, 3.05) is 12.8 Å². The number of ether oxygens (including phenoxy) is 2. The van der Waals surface area contributed by atoms with Crippen LogP contribution in [0.5, 0.6) is 17.2 Å². The molecule has 0 radical (unpaired) electrons. The molecule has 0 bridgehead atoms. The molecule has 4 heteroatoms. The highest BCUT2D eigenvalue weighted by Crippen LogP contribution is 2.34. The summed E-state index contributed by atoms with van der Waals surface area (Å²) >= 11 is 0. The van der Waals surface area contributed by atoms with Crippen LogP contribution < -0.4 is 15.2 Å². The van der Waals surface area contributed by atoms with Crippen molar-refractivity contribution in [3.8, 4) is 17.2 Å². The Bertz CT molecular complexity index is 570. The number of benzene rings is 2. The van der Waals surface area contributed by atoms with Crippen molar-refractivity contribution in [1.82, 2.24) is 0 Å². The summed E-state index contributed by atoms with van der Waals surface area (Å²) in [5, 5.41) is 0. The van der Waals surface area contributed by atoms with E-state index in [1.807, 2.05) is 19.1 Å². The number of hydrogen-bond donors (Lipinski definition) is 1. The third kappa shape index (κ3) is 2.53. The van der Waals surface area contributed by atoms with E-state index in [9.17, 15) is 4.39 Å². The van der Waals surface area contributed by atoms with Crippen molar-refractivity contribution < 1.29 is 13.9 Å². The SMILES string of the molecule is COc1cc(C)ccc1Oc1ccc(F)cc1N. The van der Waals surface area contributed by atoms with Crippen molar-refractivity contribution in [1.29, 1.82) is 0 Å². The number of nitrogens with two attached hydrogens (primary N) is 1. The molecule has 0 saturated heterocycles. The van der Waals surface area contributed by atoms with Crippen molar-refractivity contribution in [2.24, 2.45) is 0 Å². The van der Waals surface area contributed by atoms with Crippen LogP contribution in [0.3, 0.4) is 0 Å². The number of hydrogen-bond acceptors (Lipinski definition) is 3. The molecule has 0 heterocycles. The maximum atomic E-state index is 12.9. The van der Waals surface area contributed by atoms with E-state index in [0.717, 1.165) is 5.56 Å². The van der Waals surface area contributed by atoms with E-state index in [0.29, 0.717) is 17.2 Å². The first kappa shape index (κ1) is 12.2. The summed E-state index contributed by atoms with van der Waals surface area (Å²) in [6.45, 7) is 1.96. The van der Waals surface area contributed by atoms with E-state index in [-0.39, 0.29) is 5.69 Å². The van der Waals surface area contributed by atoms with Gasteiger partial charge in [-0.05, 0) is 36.8 Å². The van der Waals surface area contributed by atoms with E-state index >= 15 is 0 Å². The van der Waals surface area contributed by atoms with Gasteiger partial charge in [-0.25, -0.2) is 4.39 Å². The van der Waals surface area contributed by atoms with Crippen molar-refractivity contribution >= 4 is 5.69 Å². The number of aryl methyl sites for hydroxylation is 1. The van der Waals surface area contributed by atoms with Gasteiger partial charge in [-0.15, -0.1) is 0 Å². The second-order valence-corrected chi connectivity index (χ2v) is 3.94. The van der Waals surface area contributed by atoms with Gasteiger partial charge in [-0.2, -0.15) is 0 Å². The molecule has 2 N–H and O–H groups in total. The summed E-state index contributed by atoms with van der Waals surface area (Å²) in [6.07, 6.45) is 0. The highest BCUT2D eigenvalue weighted by atomic mass is 19.1. The van der Waals surface area contributed by atoms with Gasteiger partial charge in [0, 0.05) is 6.07 Å². The van der Waals surface area contributed by atoms with Crippen molar-refractivity contribution in [3.05, 3.63) is 47.8 Å². The first-order chi connectivity index (χ1) is 8.60. The molecule has 0 fully saturated rings. The van der Waals surface area contributed by atoms with Crippen LogP contribution in [0.25, 0.3) is 0 Å². The molecule has 0 aliphatic heterocycles. The fourth-order valence-corrected chi connectivity index (χ4v) is 1.59. The third-order valence-corrected chi connectivity index (χ3v) is 2.51. The Morgan fingerprint density at radius 2 is 1.72 bits per heavy atom. The van der Waals surface area contributed by atoms with Crippen LogP contribution in [-0.4, -0.2) is 7.11 Å². The average molecular weight is 247 g/mol. The van der Waals surface area contributed by atoms with Gasteiger partial charge in [0.2, 0.25) is 0 Å². The minimum absolute atomic E-state index is 0.248. The number of anilines is 1.